The van der Waals surface area contributed by atoms with Gasteiger partial charge >= 0.3 is 0 Å². The summed E-state index contributed by atoms with van der Waals surface area (Å²) in [5, 5.41) is 3.81. The van der Waals surface area contributed by atoms with Crippen molar-refractivity contribution in [3.63, 3.8) is 0 Å². The normalized spacial score (nSPS) is 42.2. The van der Waals surface area contributed by atoms with Crippen molar-refractivity contribution in [2.45, 2.75) is 64.0 Å². The van der Waals surface area contributed by atoms with Gasteiger partial charge in [0, 0.05) is 12.1 Å². The standard InChI is InChI=1S/C11H21N/c1-2-10-8-7-9-5-3-4-6-11(9)12-10/h9-12H,2-8H2,1H3. The average Bonchev–Trinajstić information content (AvgIpc) is 2.17. The topological polar surface area (TPSA) is 12.0 Å². The van der Waals surface area contributed by atoms with Crippen LogP contribution in [0.3, 0.4) is 0 Å². The molecule has 2 aliphatic rings. The molecule has 1 heteroatoms. The lowest BCUT2D eigenvalue weighted by Gasteiger charge is -2.40. The molecule has 1 heterocycles. The van der Waals surface area contributed by atoms with E-state index in [9.17, 15) is 0 Å². The van der Waals surface area contributed by atoms with Gasteiger partial charge in [0.1, 0.15) is 0 Å². The largest absolute Gasteiger partial charge is 0.311 e. The molecule has 1 N–H and O–H groups in total. The van der Waals surface area contributed by atoms with Gasteiger partial charge in [-0.15, -0.1) is 0 Å². The van der Waals surface area contributed by atoms with Gasteiger partial charge in [0.15, 0.2) is 0 Å². The van der Waals surface area contributed by atoms with E-state index in [1.807, 2.05) is 0 Å². The molecule has 1 saturated heterocycles. The number of nitrogens with one attached hydrogen (secondary N) is 1. The molecule has 70 valence electrons. The fourth-order valence-electron chi connectivity index (χ4n) is 2.90. The monoisotopic (exact) mass is 167 g/mol. The summed E-state index contributed by atoms with van der Waals surface area (Å²) in [6.45, 7) is 2.31. The Hall–Kier alpha value is -0.0400. The fraction of sp³-hybridized carbons (Fsp3) is 1.00. The second-order valence-electron chi connectivity index (χ2n) is 4.50. The van der Waals surface area contributed by atoms with Crippen LogP contribution in [0.15, 0.2) is 0 Å². The van der Waals surface area contributed by atoms with Gasteiger partial charge in [-0.1, -0.05) is 19.8 Å². The van der Waals surface area contributed by atoms with E-state index in [1.54, 1.807) is 0 Å². The molecule has 0 spiro atoms. The highest BCUT2D eigenvalue weighted by molar-refractivity contribution is 4.88. The summed E-state index contributed by atoms with van der Waals surface area (Å²) in [5.74, 6) is 1.03. The van der Waals surface area contributed by atoms with Crippen molar-refractivity contribution in [1.82, 2.24) is 5.32 Å². The van der Waals surface area contributed by atoms with Crippen LogP contribution < -0.4 is 5.32 Å². The summed E-state index contributed by atoms with van der Waals surface area (Å²) < 4.78 is 0. The van der Waals surface area contributed by atoms with Gasteiger partial charge in [0.05, 0.1) is 0 Å². The number of hydrogen-bond donors (Lipinski definition) is 1. The van der Waals surface area contributed by atoms with Crippen molar-refractivity contribution < 1.29 is 0 Å². The third-order valence-electron chi connectivity index (χ3n) is 3.74. The van der Waals surface area contributed by atoms with E-state index >= 15 is 0 Å². The maximum atomic E-state index is 3.81. The Kier molecular flexibility index (Phi) is 2.69. The molecule has 0 aromatic carbocycles. The van der Waals surface area contributed by atoms with Crippen LogP contribution in [0.5, 0.6) is 0 Å². The zero-order valence-electron chi connectivity index (χ0n) is 8.18. The summed E-state index contributed by atoms with van der Waals surface area (Å²) in [6.07, 6.45) is 10.1. The lowest BCUT2D eigenvalue weighted by Crippen LogP contribution is -2.48. The van der Waals surface area contributed by atoms with Crippen molar-refractivity contribution in [3.8, 4) is 0 Å². The highest BCUT2D eigenvalue weighted by Crippen LogP contribution is 2.32. The molecule has 3 unspecified atom stereocenters. The minimum absolute atomic E-state index is 0.837. The van der Waals surface area contributed by atoms with E-state index < -0.39 is 0 Å². The second kappa shape index (κ2) is 3.78. The molecule has 0 radical (unpaired) electrons. The van der Waals surface area contributed by atoms with Gasteiger partial charge in [-0.05, 0) is 38.0 Å². The predicted octanol–water partition coefficient (Wildman–Crippen LogP) is 2.71. The smallest absolute Gasteiger partial charge is 0.00979 e. The van der Waals surface area contributed by atoms with Crippen molar-refractivity contribution >= 4 is 0 Å². The van der Waals surface area contributed by atoms with Crippen LogP contribution in [0.25, 0.3) is 0 Å². The zero-order valence-corrected chi connectivity index (χ0v) is 8.18. The van der Waals surface area contributed by atoms with E-state index in [-0.39, 0.29) is 0 Å². The van der Waals surface area contributed by atoms with Crippen LogP contribution in [-0.2, 0) is 0 Å². The third kappa shape index (κ3) is 1.66. The molecule has 0 bridgehead atoms. The quantitative estimate of drug-likeness (QED) is 0.633. The van der Waals surface area contributed by atoms with E-state index in [4.69, 9.17) is 0 Å². The first-order chi connectivity index (χ1) is 5.90. The Labute approximate surface area is 75.9 Å². The minimum atomic E-state index is 0.837. The molecule has 12 heavy (non-hydrogen) atoms. The Morgan fingerprint density at radius 3 is 2.75 bits per heavy atom. The second-order valence-corrected chi connectivity index (χ2v) is 4.50. The molecular weight excluding hydrogens is 146 g/mol. The SMILES string of the molecule is CCC1CCC2CCCCC2N1. The Balaban J connectivity index is 1.90. The maximum Gasteiger partial charge on any atom is 0.00979 e. The molecule has 0 aromatic heterocycles. The zero-order chi connectivity index (χ0) is 8.39. The lowest BCUT2D eigenvalue weighted by atomic mass is 9.77. The molecule has 0 aromatic rings. The highest BCUT2D eigenvalue weighted by Gasteiger charge is 2.30. The van der Waals surface area contributed by atoms with Gasteiger partial charge in [-0.2, -0.15) is 0 Å². The van der Waals surface area contributed by atoms with Crippen LogP contribution in [0, 0.1) is 5.92 Å². The molecule has 1 aliphatic heterocycles. The van der Waals surface area contributed by atoms with Crippen LogP contribution in [-0.4, -0.2) is 12.1 Å². The predicted molar refractivity (Wildman–Crippen MR) is 52.2 cm³/mol. The first-order valence-corrected chi connectivity index (χ1v) is 5.66. The number of fused-ring (bicyclic) bond motifs is 1. The summed E-state index contributed by atoms with van der Waals surface area (Å²) in [5.41, 5.74) is 0. The van der Waals surface area contributed by atoms with Crippen LogP contribution in [0.4, 0.5) is 0 Å². The fourth-order valence-corrected chi connectivity index (χ4v) is 2.90. The Bertz CT molecular complexity index is 144. The maximum absolute atomic E-state index is 3.81. The molecule has 2 fully saturated rings. The van der Waals surface area contributed by atoms with E-state index in [0.717, 1.165) is 18.0 Å². The molecule has 3 atom stereocenters. The van der Waals surface area contributed by atoms with E-state index in [2.05, 4.69) is 12.2 Å². The summed E-state index contributed by atoms with van der Waals surface area (Å²) in [7, 11) is 0. The van der Waals surface area contributed by atoms with E-state index in [0.29, 0.717) is 0 Å². The molecule has 1 saturated carbocycles. The van der Waals surface area contributed by atoms with Crippen LogP contribution in [0.2, 0.25) is 0 Å². The first kappa shape index (κ1) is 8.55. The average molecular weight is 167 g/mol. The lowest BCUT2D eigenvalue weighted by molar-refractivity contribution is 0.174. The number of piperidine rings is 1. The van der Waals surface area contributed by atoms with Crippen molar-refractivity contribution in [2.24, 2.45) is 5.92 Å². The summed E-state index contributed by atoms with van der Waals surface area (Å²) in [6, 6.07) is 1.72. The Morgan fingerprint density at radius 1 is 1.08 bits per heavy atom. The van der Waals surface area contributed by atoms with Gasteiger partial charge in [-0.25, -0.2) is 0 Å². The molecule has 1 aliphatic carbocycles. The van der Waals surface area contributed by atoms with Gasteiger partial charge < -0.3 is 5.32 Å². The summed E-state index contributed by atoms with van der Waals surface area (Å²) >= 11 is 0. The van der Waals surface area contributed by atoms with Gasteiger partial charge in [0.2, 0.25) is 0 Å². The number of hydrogen-bond acceptors (Lipinski definition) is 1. The first-order valence-electron chi connectivity index (χ1n) is 5.66. The number of rotatable bonds is 1. The highest BCUT2D eigenvalue weighted by atomic mass is 15.0. The van der Waals surface area contributed by atoms with Crippen molar-refractivity contribution in [1.29, 1.82) is 0 Å². The van der Waals surface area contributed by atoms with Crippen LogP contribution >= 0.6 is 0 Å². The molecule has 2 rings (SSSR count). The molecule has 0 amide bonds. The third-order valence-corrected chi connectivity index (χ3v) is 3.74. The molecule has 1 nitrogen and oxygen atoms in total. The van der Waals surface area contributed by atoms with Gasteiger partial charge in [0.25, 0.3) is 0 Å². The van der Waals surface area contributed by atoms with Gasteiger partial charge in [-0.3, -0.25) is 0 Å². The molecular formula is C11H21N. The van der Waals surface area contributed by atoms with E-state index in [1.165, 1.54) is 44.9 Å². The van der Waals surface area contributed by atoms with Crippen molar-refractivity contribution in [2.75, 3.05) is 0 Å². The minimum Gasteiger partial charge on any atom is -0.311 e. The van der Waals surface area contributed by atoms with Crippen molar-refractivity contribution in [3.05, 3.63) is 0 Å². The van der Waals surface area contributed by atoms with Crippen LogP contribution in [0.1, 0.15) is 51.9 Å². The Morgan fingerprint density at radius 2 is 1.92 bits per heavy atom. The summed E-state index contributed by atoms with van der Waals surface area (Å²) in [4.78, 5) is 0.